The summed E-state index contributed by atoms with van der Waals surface area (Å²) in [6.07, 6.45) is -1.33. The van der Waals surface area contributed by atoms with Crippen molar-refractivity contribution in [2.45, 2.75) is 32.9 Å². The van der Waals surface area contributed by atoms with Crippen molar-refractivity contribution in [3.05, 3.63) is 29.1 Å². The molecule has 1 aromatic heterocycles. The maximum absolute atomic E-state index is 12.2. The smallest absolute Gasteiger partial charge is 0.251 e. The highest BCUT2D eigenvalue weighted by Gasteiger charge is 2.32. The van der Waals surface area contributed by atoms with E-state index < -0.39 is 11.9 Å². The minimum absolute atomic E-state index is 0.661. The summed E-state index contributed by atoms with van der Waals surface area (Å²) in [7, 11) is 0. The third kappa shape index (κ3) is 2.47. The molecule has 0 aliphatic heterocycles. The van der Waals surface area contributed by atoms with Crippen molar-refractivity contribution in [2.24, 2.45) is 0 Å². The normalized spacial score (nSPS) is 11.8. The number of hydrogen-bond acceptors (Lipinski definition) is 1. The molecule has 1 heterocycles. The number of pyridine rings is 1. The van der Waals surface area contributed by atoms with Crippen LogP contribution in [0.2, 0.25) is 0 Å². The molecule has 14 heavy (non-hydrogen) atoms. The van der Waals surface area contributed by atoms with E-state index in [0.29, 0.717) is 5.56 Å². The van der Waals surface area contributed by atoms with Gasteiger partial charge in [0.2, 0.25) is 0 Å². The average Bonchev–Trinajstić information content (AvgIpc) is 2.07. The van der Waals surface area contributed by atoms with Crippen LogP contribution in [0, 0.1) is 6.92 Å². The summed E-state index contributed by atoms with van der Waals surface area (Å²) in [5, 5.41) is 0. The number of rotatable bonds is 2. The van der Waals surface area contributed by atoms with Crippen LogP contribution in [-0.4, -0.2) is 4.98 Å². The summed E-state index contributed by atoms with van der Waals surface area (Å²) < 4.78 is 36.7. The van der Waals surface area contributed by atoms with Crippen molar-refractivity contribution >= 4 is 0 Å². The lowest BCUT2D eigenvalue weighted by Crippen LogP contribution is -2.09. The van der Waals surface area contributed by atoms with Gasteiger partial charge in [-0.05, 0) is 30.5 Å². The maximum Gasteiger partial charge on any atom is 0.433 e. The summed E-state index contributed by atoms with van der Waals surface area (Å²) >= 11 is 0. The molecule has 0 saturated carbocycles. The molecule has 0 aliphatic carbocycles. The first kappa shape index (κ1) is 11.0. The maximum atomic E-state index is 12.2. The molecule has 0 amide bonds. The van der Waals surface area contributed by atoms with E-state index in [-0.39, 0.29) is 0 Å². The summed E-state index contributed by atoms with van der Waals surface area (Å²) in [5.41, 5.74) is 0.740. The van der Waals surface area contributed by atoms with Gasteiger partial charge in [-0.2, -0.15) is 13.2 Å². The molecule has 1 aromatic rings. The minimum Gasteiger partial charge on any atom is -0.251 e. The number of hydrogen-bond donors (Lipinski definition) is 0. The quantitative estimate of drug-likeness (QED) is 0.718. The monoisotopic (exact) mass is 203 g/mol. The van der Waals surface area contributed by atoms with Crippen LogP contribution < -0.4 is 0 Å². The number of aromatic nitrogens is 1. The van der Waals surface area contributed by atoms with E-state index in [1.54, 1.807) is 6.92 Å². The van der Waals surface area contributed by atoms with Gasteiger partial charge in [-0.25, -0.2) is 0 Å². The van der Waals surface area contributed by atoms with Crippen LogP contribution in [0.1, 0.15) is 30.2 Å². The highest BCUT2D eigenvalue weighted by atomic mass is 19.4. The zero-order valence-corrected chi connectivity index (χ0v) is 8.15. The van der Waals surface area contributed by atoms with E-state index in [2.05, 4.69) is 4.98 Å². The summed E-state index contributed by atoms with van der Waals surface area (Å²) in [4.78, 5) is 3.40. The van der Waals surface area contributed by atoms with Gasteiger partial charge in [-0.3, -0.25) is 4.98 Å². The summed E-state index contributed by atoms with van der Waals surface area (Å²) in [5.74, 6) is 0. The van der Waals surface area contributed by atoms with Crippen LogP contribution in [-0.2, 0) is 12.6 Å². The highest BCUT2D eigenvalue weighted by molar-refractivity contribution is 5.26. The van der Waals surface area contributed by atoms with Crippen molar-refractivity contribution in [1.29, 1.82) is 0 Å². The average molecular weight is 203 g/mol. The Balaban J connectivity index is 3.01. The van der Waals surface area contributed by atoms with Crippen molar-refractivity contribution < 1.29 is 13.2 Å². The van der Waals surface area contributed by atoms with Gasteiger partial charge in [-0.1, -0.05) is 13.3 Å². The fraction of sp³-hybridized carbons (Fsp3) is 0.500. The molecule has 0 aromatic carbocycles. The first-order valence-electron chi connectivity index (χ1n) is 4.48. The second kappa shape index (κ2) is 3.98. The van der Waals surface area contributed by atoms with E-state index in [4.69, 9.17) is 0 Å². The Morgan fingerprint density at radius 3 is 2.43 bits per heavy atom. The van der Waals surface area contributed by atoms with Gasteiger partial charge >= 0.3 is 6.18 Å². The lowest BCUT2D eigenvalue weighted by molar-refractivity contribution is -0.141. The third-order valence-electron chi connectivity index (χ3n) is 2.03. The summed E-state index contributed by atoms with van der Waals surface area (Å²) in [6.45, 7) is 3.67. The van der Waals surface area contributed by atoms with E-state index in [1.807, 2.05) is 6.92 Å². The molecule has 0 N–H and O–H groups in total. The second-order valence-electron chi connectivity index (χ2n) is 3.24. The molecular formula is C10H12F3N. The largest absolute Gasteiger partial charge is 0.433 e. The molecule has 0 saturated heterocycles. The number of alkyl halides is 3. The highest BCUT2D eigenvalue weighted by Crippen LogP contribution is 2.28. The van der Waals surface area contributed by atoms with Gasteiger partial charge in [0.15, 0.2) is 0 Å². The summed E-state index contributed by atoms with van der Waals surface area (Å²) in [6, 6.07) is 1.10. The van der Waals surface area contributed by atoms with E-state index in [9.17, 15) is 13.2 Å². The van der Waals surface area contributed by atoms with E-state index in [0.717, 1.165) is 24.5 Å². The fourth-order valence-electron chi connectivity index (χ4n) is 1.27. The lowest BCUT2D eigenvalue weighted by atomic mass is 10.1. The van der Waals surface area contributed by atoms with Crippen molar-refractivity contribution in [2.75, 3.05) is 0 Å². The van der Waals surface area contributed by atoms with Gasteiger partial charge in [-0.15, -0.1) is 0 Å². The van der Waals surface area contributed by atoms with Crippen LogP contribution in [0.15, 0.2) is 12.3 Å². The molecule has 0 bridgehead atoms. The van der Waals surface area contributed by atoms with E-state index >= 15 is 0 Å². The Labute approximate surface area is 81.0 Å². The predicted molar refractivity (Wildman–Crippen MR) is 48.0 cm³/mol. The second-order valence-corrected chi connectivity index (χ2v) is 3.24. The number of nitrogens with zero attached hydrogens (tertiary/aromatic N) is 1. The topological polar surface area (TPSA) is 12.9 Å². The van der Waals surface area contributed by atoms with E-state index in [1.165, 1.54) is 6.20 Å². The Bertz CT molecular complexity index is 318. The molecule has 0 unspecified atom stereocenters. The zero-order chi connectivity index (χ0) is 10.8. The Morgan fingerprint density at radius 1 is 1.36 bits per heavy atom. The Hall–Kier alpha value is -1.06. The van der Waals surface area contributed by atoms with Crippen LogP contribution in [0.4, 0.5) is 13.2 Å². The molecule has 1 rings (SSSR count). The molecule has 0 fully saturated rings. The van der Waals surface area contributed by atoms with Crippen LogP contribution in [0.25, 0.3) is 0 Å². The fourth-order valence-corrected chi connectivity index (χ4v) is 1.27. The van der Waals surface area contributed by atoms with Gasteiger partial charge in [0.25, 0.3) is 0 Å². The molecule has 0 atom stereocenters. The Kier molecular flexibility index (Phi) is 3.13. The Morgan fingerprint density at radius 2 is 2.00 bits per heavy atom. The van der Waals surface area contributed by atoms with Gasteiger partial charge in [0, 0.05) is 6.20 Å². The molecule has 0 spiro atoms. The third-order valence-corrected chi connectivity index (χ3v) is 2.03. The van der Waals surface area contributed by atoms with Gasteiger partial charge in [0.05, 0.1) is 0 Å². The molecular weight excluding hydrogens is 191 g/mol. The molecule has 78 valence electrons. The lowest BCUT2D eigenvalue weighted by Gasteiger charge is -2.09. The van der Waals surface area contributed by atoms with Crippen LogP contribution in [0.5, 0.6) is 0 Å². The SMILES string of the molecule is CCCc1cnc(C(F)(F)F)cc1C. The first-order chi connectivity index (χ1) is 6.45. The number of aryl methyl sites for hydroxylation is 2. The van der Waals surface area contributed by atoms with Crippen LogP contribution in [0.3, 0.4) is 0 Å². The first-order valence-corrected chi connectivity index (χ1v) is 4.48. The standard InChI is InChI=1S/C10H12F3N/c1-3-4-8-6-14-9(5-7(8)2)10(11,12)13/h5-6H,3-4H2,1-2H3. The van der Waals surface area contributed by atoms with Crippen molar-refractivity contribution in [1.82, 2.24) is 4.98 Å². The number of halogens is 3. The molecule has 4 heteroatoms. The van der Waals surface area contributed by atoms with Crippen molar-refractivity contribution in [3.8, 4) is 0 Å². The van der Waals surface area contributed by atoms with Gasteiger partial charge in [0.1, 0.15) is 5.69 Å². The van der Waals surface area contributed by atoms with Gasteiger partial charge < -0.3 is 0 Å². The molecule has 0 radical (unpaired) electrons. The molecule has 0 aliphatic rings. The minimum atomic E-state index is -4.34. The zero-order valence-electron chi connectivity index (χ0n) is 8.15. The van der Waals surface area contributed by atoms with Crippen molar-refractivity contribution in [3.63, 3.8) is 0 Å². The molecule has 1 nitrogen and oxygen atoms in total. The predicted octanol–water partition coefficient (Wildman–Crippen LogP) is 3.36. The van der Waals surface area contributed by atoms with Crippen LogP contribution >= 0.6 is 0 Å².